The zero-order valence-corrected chi connectivity index (χ0v) is 10.5. The van der Waals surface area contributed by atoms with Crippen LogP contribution in [0.3, 0.4) is 0 Å². The van der Waals surface area contributed by atoms with Gasteiger partial charge in [-0.3, -0.25) is 0 Å². The van der Waals surface area contributed by atoms with Crippen LogP contribution in [-0.2, 0) is 20.9 Å². The molecule has 0 aliphatic carbocycles. The van der Waals surface area contributed by atoms with Crippen LogP contribution in [0, 0.1) is 0 Å². The fraction of sp³-hybridized carbons (Fsp3) is 0.357. The van der Waals surface area contributed by atoms with E-state index in [1.807, 2.05) is 30.3 Å². The molecule has 0 fully saturated rings. The molecule has 0 aliphatic rings. The maximum Gasteiger partial charge on any atom is 0.340 e. The number of esters is 1. The lowest BCUT2D eigenvalue weighted by atomic mass is 10.1. The van der Waals surface area contributed by atoms with Gasteiger partial charge in [0.25, 0.3) is 0 Å². The highest BCUT2D eigenvalue weighted by Gasteiger charge is 2.35. The first-order valence-corrected chi connectivity index (χ1v) is 5.69. The SMILES string of the molecule is C=CCOC(=O)[C@@](C)(CO)OCc1ccccc1. The van der Waals surface area contributed by atoms with Crippen LogP contribution in [0.25, 0.3) is 0 Å². The summed E-state index contributed by atoms with van der Waals surface area (Å²) in [6.45, 7) is 4.86. The summed E-state index contributed by atoms with van der Waals surface area (Å²) < 4.78 is 10.4. The van der Waals surface area contributed by atoms with Gasteiger partial charge < -0.3 is 14.6 Å². The molecular formula is C14H18O4. The molecule has 1 rings (SSSR count). The third kappa shape index (κ3) is 3.98. The van der Waals surface area contributed by atoms with Crippen molar-refractivity contribution < 1.29 is 19.4 Å². The van der Waals surface area contributed by atoms with E-state index in [2.05, 4.69) is 6.58 Å². The number of rotatable bonds is 7. The summed E-state index contributed by atoms with van der Waals surface area (Å²) in [5.74, 6) is -0.596. The number of carbonyl (C=O) groups is 1. The fourth-order valence-electron chi connectivity index (χ4n) is 1.27. The summed E-state index contributed by atoms with van der Waals surface area (Å²) in [6, 6.07) is 9.42. The molecule has 0 saturated heterocycles. The van der Waals surface area contributed by atoms with Gasteiger partial charge in [-0.15, -0.1) is 0 Å². The maximum absolute atomic E-state index is 11.7. The predicted molar refractivity (Wildman–Crippen MR) is 67.9 cm³/mol. The second kappa shape index (κ2) is 6.93. The van der Waals surface area contributed by atoms with Crippen molar-refractivity contribution in [2.45, 2.75) is 19.1 Å². The molecule has 18 heavy (non-hydrogen) atoms. The Morgan fingerprint density at radius 3 is 2.67 bits per heavy atom. The molecule has 0 saturated carbocycles. The van der Waals surface area contributed by atoms with Crippen molar-refractivity contribution in [2.24, 2.45) is 0 Å². The van der Waals surface area contributed by atoms with Crippen LogP contribution in [0.5, 0.6) is 0 Å². The maximum atomic E-state index is 11.7. The molecule has 1 N–H and O–H groups in total. The van der Waals surface area contributed by atoms with Gasteiger partial charge in [0, 0.05) is 0 Å². The molecule has 0 aliphatic heterocycles. The Kier molecular flexibility index (Phi) is 5.55. The minimum Gasteiger partial charge on any atom is -0.459 e. The van der Waals surface area contributed by atoms with Gasteiger partial charge in [0.05, 0.1) is 13.2 Å². The second-order valence-electron chi connectivity index (χ2n) is 4.05. The van der Waals surface area contributed by atoms with E-state index < -0.39 is 18.2 Å². The molecule has 1 aromatic carbocycles. The van der Waals surface area contributed by atoms with E-state index in [1.54, 1.807) is 0 Å². The molecule has 0 radical (unpaired) electrons. The lowest BCUT2D eigenvalue weighted by Crippen LogP contribution is -2.43. The zero-order chi connectivity index (χ0) is 13.4. The van der Waals surface area contributed by atoms with Crippen molar-refractivity contribution in [3.8, 4) is 0 Å². The highest BCUT2D eigenvalue weighted by molar-refractivity contribution is 5.79. The summed E-state index contributed by atoms with van der Waals surface area (Å²) in [4.78, 5) is 11.7. The topological polar surface area (TPSA) is 55.8 Å². The number of aliphatic hydroxyl groups is 1. The van der Waals surface area contributed by atoms with Crippen LogP contribution in [0.4, 0.5) is 0 Å². The molecule has 1 atom stereocenters. The molecule has 0 spiro atoms. The van der Waals surface area contributed by atoms with Crippen LogP contribution in [0.1, 0.15) is 12.5 Å². The molecule has 0 heterocycles. The monoisotopic (exact) mass is 250 g/mol. The van der Waals surface area contributed by atoms with E-state index in [4.69, 9.17) is 9.47 Å². The lowest BCUT2D eigenvalue weighted by Gasteiger charge is -2.25. The van der Waals surface area contributed by atoms with E-state index in [0.717, 1.165) is 5.56 Å². The predicted octanol–water partition coefficient (Wildman–Crippen LogP) is 1.68. The minimum absolute atomic E-state index is 0.100. The normalized spacial score (nSPS) is 13.7. The molecule has 0 amide bonds. The lowest BCUT2D eigenvalue weighted by molar-refractivity contribution is -0.176. The molecule has 4 nitrogen and oxygen atoms in total. The van der Waals surface area contributed by atoms with Crippen molar-refractivity contribution in [1.29, 1.82) is 0 Å². The molecule has 0 bridgehead atoms. The summed E-state index contributed by atoms with van der Waals surface area (Å²) in [7, 11) is 0. The number of hydrogen-bond acceptors (Lipinski definition) is 4. The van der Waals surface area contributed by atoms with E-state index >= 15 is 0 Å². The largest absolute Gasteiger partial charge is 0.459 e. The van der Waals surface area contributed by atoms with Gasteiger partial charge in [-0.25, -0.2) is 4.79 Å². The van der Waals surface area contributed by atoms with Crippen molar-refractivity contribution in [3.63, 3.8) is 0 Å². The molecule has 0 unspecified atom stereocenters. The third-order valence-electron chi connectivity index (χ3n) is 2.47. The van der Waals surface area contributed by atoms with E-state index in [-0.39, 0.29) is 13.2 Å². The van der Waals surface area contributed by atoms with Crippen LogP contribution in [0.15, 0.2) is 43.0 Å². The van der Waals surface area contributed by atoms with E-state index in [0.29, 0.717) is 0 Å². The number of carbonyl (C=O) groups excluding carboxylic acids is 1. The van der Waals surface area contributed by atoms with Crippen LogP contribution in [0.2, 0.25) is 0 Å². The number of ether oxygens (including phenoxy) is 2. The zero-order valence-electron chi connectivity index (χ0n) is 10.5. The number of hydrogen-bond donors (Lipinski definition) is 1. The van der Waals surface area contributed by atoms with E-state index in [1.165, 1.54) is 13.0 Å². The smallest absolute Gasteiger partial charge is 0.340 e. The van der Waals surface area contributed by atoms with Crippen molar-refractivity contribution in [1.82, 2.24) is 0 Å². The molecule has 4 heteroatoms. The Hall–Kier alpha value is -1.65. The Labute approximate surface area is 107 Å². The summed E-state index contributed by atoms with van der Waals surface area (Å²) >= 11 is 0. The van der Waals surface area contributed by atoms with Gasteiger partial charge in [0.2, 0.25) is 0 Å². The third-order valence-corrected chi connectivity index (χ3v) is 2.47. The molecule has 0 aromatic heterocycles. The average molecular weight is 250 g/mol. The Bertz CT molecular complexity index is 388. The molecule has 98 valence electrons. The molecule has 1 aromatic rings. The summed E-state index contributed by atoms with van der Waals surface area (Å²) in [5, 5.41) is 9.28. The van der Waals surface area contributed by atoms with Gasteiger partial charge in [-0.2, -0.15) is 0 Å². The van der Waals surface area contributed by atoms with E-state index in [9.17, 15) is 9.90 Å². The summed E-state index contributed by atoms with van der Waals surface area (Å²) in [5.41, 5.74) is -0.424. The first-order chi connectivity index (χ1) is 8.62. The van der Waals surface area contributed by atoms with Crippen molar-refractivity contribution in [2.75, 3.05) is 13.2 Å². The first kappa shape index (κ1) is 14.4. The van der Waals surface area contributed by atoms with Gasteiger partial charge in [-0.1, -0.05) is 43.0 Å². The number of benzene rings is 1. The Balaban J connectivity index is 2.59. The standard InChI is InChI=1S/C14H18O4/c1-3-9-17-13(16)14(2,11-15)18-10-12-7-5-4-6-8-12/h3-8,15H,1,9-11H2,2H3/t14-/m1/s1. The van der Waals surface area contributed by atoms with Crippen molar-refractivity contribution in [3.05, 3.63) is 48.6 Å². The van der Waals surface area contributed by atoms with Gasteiger partial charge in [0.1, 0.15) is 6.61 Å². The molecular weight excluding hydrogens is 232 g/mol. The van der Waals surface area contributed by atoms with Crippen LogP contribution < -0.4 is 0 Å². The summed E-state index contributed by atoms with van der Waals surface area (Å²) in [6.07, 6.45) is 1.47. The highest BCUT2D eigenvalue weighted by Crippen LogP contribution is 2.15. The fourth-order valence-corrected chi connectivity index (χ4v) is 1.27. The van der Waals surface area contributed by atoms with Crippen molar-refractivity contribution >= 4 is 5.97 Å². The Morgan fingerprint density at radius 1 is 1.44 bits per heavy atom. The quantitative estimate of drug-likeness (QED) is 0.591. The Morgan fingerprint density at radius 2 is 2.11 bits per heavy atom. The van der Waals surface area contributed by atoms with Gasteiger partial charge in [-0.05, 0) is 12.5 Å². The minimum atomic E-state index is -1.35. The van der Waals surface area contributed by atoms with Crippen LogP contribution >= 0.6 is 0 Å². The number of aliphatic hydroxyl groups excluding tert-OH is 1. The highest BCUT2D eigenvalue weighted by atomic mass is 16.6. The van der Waals surface area contributed by atoms with Gasteiger partial charge in [0.15, 0.2) is 5.60 Å². The second-order valence-corrected chi connectivity index (χ2v) is 4.05. The first-order valence-electron chi connectivity index (χ1n) is 5.69. The van der Waals surface area contributed by atoms with Crippen LogP contribution in [-0.4, -0.2) is 29.9 Å². The average Bonchev–Trinajstić information content (AvgIpc) is 2.43. The van der Waals surface area contributed by atoms with Gasteiger partial charge >= 0.3 is 5.97 Å².